The van der Waals surface area contributed by atoms with Crippen LogP contribution < -0.4 is 11.1 Å². The van der Waals surface area contributed by atoms with E-state index in [9.17, 15) is 4.79 Å². The van der Waals surface area contributed by atoms with E-state index in [0.717, 1.165) is 15.6 Å². The molecule has 1 atom stereocenters. The Labute approximate surface area is 137 Å². The molecule has 108 valence electrons. The molecule has 1 amide bonds. The first-order valence-corrected chi connectivity index (χ1v) is 7.64. The predicted octanol–water partition coefficient (Wildman–Crippen LogP) is 3.14. The van der Waals surface area contributed by atoms with Crippen molar-refractivity contribution in [3.8, 4) is 0 Å². The predicted molar refractivity (Wildman–Crippen MR) is 92.0 cm³/mol. The zero-order valence-electron chi connectivity index (χ0n) is 11.3. The average molecular weight is 363 g/mol. The minimum atomic E-state index is -0.441. The number of rotatable bonds is 5. The SMILES string of the molecule is NC(=S)C(NC(=O)Cc1ccc(Br)cc1)c1ccccc1. The maximum Gasteiger partial charge on any atom is 0.225 e. The molecule has 0 spiro atoms. The van der Waals surface area contributed by atoms with Gasteiger partial charge < -0.3 is 11.1 Å². The molecule has 0 fully saturated rings. The highest BCUT2D eigenvalue weighted by Gasteiger charge is 2.17. The van der Waals surface area contributed by atoms with Crippen LogP contribution in [0.15, 0.2) is 59.1 Å². The third-order valence-corrected chi connectivity index (χ3v) is 3.77. The van der Waals surface area contributed by atoms with Gasteiger partial charge in [-0.1, -0.05) is 70.6 Å². The first-order chi connectivity index (χ1) is 10.1. The van der Waals surface area contributed by atoms with Gasteiger partial charge in [0.25, 0.3) is 0 Å². The summed E-state index contributed by atoms with van der Waals surface area (Å²) < 4.78 is 0.983. The lowest BCUT2D eigenvalue weighted by atomic mass is 10.1. The smallest absolute Gasteiger partial charge is 0.225 e. The molecule has 21 heavy (non-hydrogen) atoms. The van der Waals surface area contributed by atoms with Crippen LogP contribution in [0.4, 0.5) is 0 Å². The summed E-state index contributed by atoms with van der Waals surface area (Å²) >= 11 is 8.42. The summed E-state index contributed by atoms with van der Waals surface area (Å²) in [4.78, 5) is 12.4. The van der Waals surface area contributed by atoms with E-state index in [-0.39, 0.29) is 10.9 Å². The number of hydrogen-bond donors (Lipinski definition) is 2. The lowest BCUT2D eigenvalue weighted by molar-refractivity contribution is -0.120. The quantitative estimate of drug-likeness (QED) is 0.803. The molecule has 3 nitrogen and oxygen atoms in total. The topological polar surface area (TPSA) is 55.1 Å². The van der Waals surface area contributed by atoms with Gasteiger partial charge in [0.05, 0.1) is 6.42 Å². The van der Waals surface area contributed by atoms with Crippen molar-refractivity contribution >= 4 is 39.0 Å². The molecule has 0 radical (unpaired) electrons. The number of hydrogen-bond acceptors (Lipinski definition) is 2. The number of amides is 1. The molecule has 0 aliphatic rings. The summed E-state index contributed by atoms with van der Waals surface area (Å²) in [5.74, 6) is -0.112. The Hall–Kier alpha value is -1.72. The molecule has 0 aromatic heterocycles. The van der Waals surface area contributed by atoms with Crippen LogP contribution in [0.2, 0.25) is 0 Å². The molecule has 1 unspecified atom stereocenters. The highest BCUT2D eigenvalue weighted by molar-refractivity contribution is 9.10. The zero-order valence-corrected chi connectivity index (χ0v) is 13.7. The van der Waals surface area contributed by atoms with Gasteiger partial charge in [-0.15, -0.1) is 0 Å². The van der Waals surface area contributed by atoms with Gasteiger partial charge in [0, 0.05) is 4.47 Å². The number of nitrogens with two attached hydrogens (primary N) is 1. The molecular weight excluding hydrogens is 348 g/mol. The Balaban J connectivity index is 2.05. The van der Waals surface area contributed by atoms with Gasteiger partial charge in [-0.3, -0.25) is 4.79 Å². The zero-order chi connectivity index (χ0) is 15.2. The van der Waals surface area contributed by atoms with Crippen molar-refractivity contribution in [3.05, 3.63) is 70.2 Å². The van der Waals surface area contributed by atoms with Crippen LogP contribution >= 0.6 is 28.1 Å². The highest BCUT2D eigenvalue weighted by Crippen LogP contribution is 2.14. The van der Waals surface area contributed by atoms with Crippen molar-refractivity contribution in [1.29, 1.82) is 0 Å². The lowest BCUT2D eigenvalue weighted by Gasteiger charge is -2.18. The molecule has 0 heterocycles. The highest BCUT2D eigenvalue weighted by atomic mass is 79.9. The van der Waals surface area contributed by atoms with Gasteiger partial charge in [-0.25, -0.2) is 0 Å². The van der Waals surface area contributed by atoms with Gasteiger partial charge in [-0.05, 0) is 23.3 Å². The molecule has 0 aliphatic carbocycles. The summed E-state index contributed by atoms with van der Waals surface area (Å²) in [7, 11) is 0. The molecular formula is C16H15BrN2OS. The van der Waals surface area contributed by atoms with Crippen LogP contribution in [0.1, 0.15) is 17.2 Å². The Morgan fingerprint density at radius 1 is 1.14 bits per heavy atom. The van der Waals surface area contributed by atoms with Crippen molar-refractivity contribution in [2.45, 2.75) is 12.5 Å². The summed E-state index contributed by atoms with van der Waals surface area (Å²) in [6.07, 6.45) is 0.291. The number of thiocarbonyl (C=S) groups is 1. The Kier molecular flexibility index (Phi) is 5.47. The van der Waals surface area contributed by atoms with E-state index in [4.69, 9.17) is 18.0 Å². The second-order valence-electron chi connectivity index (χ2n) is 4.62. The first-order valence-electron chi connectivity index (χ1n) is 6.44. The molecule has 0 saturated carbocycles. The van der Waals surface area contributed by atoms with Gasteiger partial charge >= 0.3 is 0 Å². The molecule has 0 bridgehead atoms. The van der Waals surface area contributed by atoms with Crippen molar-refractivity contribution < 1.29 is 4.79 Å². The molecule has 0 aliphatic heterocycles. The lowest BCUT2D eigenvalue weighted by Crippen LogP contribution is -2.37. The third kappa shape index (κ3) is 4.65. The van der Waals surface area contributed by atoms with Gasteiger partial charge in [0.1, 0.15) is 11.0 Å². The van der Waals surface area contributed by atoms with E-state index in [0.29, 0.717) is 6.42 Å². The second kappa shape index (κ2) is 7.33. The number of nitrogens with one attached hydrogen (secondary N) is 1. The van der Waals surface area contributed by atoms with E-state index in [1.54, 1.807) is 0 Å². The summed E-state index contributed by atoms with van der Waals surface area (Å²) in [6, 6.07) is 16.7. The number of carbonyl (C=O) groups is 1. The maximum atomic E-state index is 12.1. The molecule has 2 rings (SSSR count). The van der Waals surface area contributed by atoms with E-state index in [1.165, 1.54) is 0 Å². The minimum absolute atomic E-state index is 0.112. The average Bonchev–Trinajstić information content (AvgIpc) is 2.48. The van der Waals surface area contributed by atoms with Crippen LogP contribution in [-0.4, -0.2) is 10.9 Å². The van der Waals surface area contributed by atoms with Crippen LogP contribution in [-0.2, 0) is 11.2 Å². The van der Waals surface area contributed by atoms with E-state index in [1.807, 2.05) is 54.6 Å². The fourth-order valence-electron chi connectivity index (χ4n) is 1.96. The molecule has 2 aromatic carbocycles. The largest absolute Gasteiger partial charge is 0.391 e. The normalized spacial score (nSPS) is 11.7. The summed E-state index contributed by atoms with van der Waals surface area (Å²) in [5.41, 5.74) is 7.56. The number of halogens is 1. The van der Waals surface area contributed by atoms with Crippen LogP contribution in [0.25, 0.3) is 0 Å². The van der Waals surface area contributed by atoms with Crippen molar-refractivity contribution in [2.24, 2.45) is 5.73 Å². The Bertz CT molecular complexity index is 628. The van der Waals surface area contributed by atoms with Crippen LogP contribution in [0, 0.1) is 0 Å². The molecule has 0 saturated heterocycles. The second-order valence-corrected chi connectivity index (χ2v) is 6.00. The summed E-state index contributed by atoms with van der Waals surface area (Å²) in [5, 5.41) is 2.88. The minimum Gasteiger partial charge on any atom is -0.391 e. The van der Waals surface area contributed by atoms with Crippen molar-refractivity contribution in [3.63, 3.8) is 0 Å². The molecule has 5 heteroatoms. The van der Waals surface area contributed by atoms with E-state index < -0.39 is 6.04 Å². The molecule has 3 N–H and O–H groups in total. The standard InChI is InChI=1S/C16H15BrN2OS/c17-13-8-6-11(7-9-13)10-14(20)19-15(16(18)21)12-4-2-1-3-5-12/h1-9,15H,10H2,(H2,18,21)(H,19,20). The van der Waals surface area contributed by atoms with Gasteiger partial charge in [0.2, 0.25) is 5.91 Å². The number of carbonyl (C=O) groups excluding carboxylic acids is 1. The van der Waals surface area contributed by atoms with Crippen LogP contribution in [0.3, 0.4) is 0 Å². The van der Waals surface area contributed by atoms with Crippen molar-refractivity contribution in [2.75, 3.05) is 0 Å². The Morgan fingerprint density at radius 3 is 2.33 bits per heavy atom. The van der Waals surface area contributed by atoms with E-state index >= 15 is 0 Å². The van der Waals surface area contributed by atoms with E-state index in [2.05, 4.69) is 21.2 Å². The maximum absolute atomic E-state index is 12.1. The summed E-state index contributed by atoms with van der Waals surface area (Å²) in [6.45, 7) is 0. The molecule has 2 aromatic rings. The van der Waals surface area contributed by atoms with Crippen LogP contribution in [0.5, 0.6) is 0 Å². The fraction of sp³-hybridized carbons (Fsp3) is 0.125. The third-order valence-electron chi connectivity index (χ3n) is 3.00. The fourth-order valence-corrected chi connectivity index (χ4v) is 2.42. The van der Waals surface area contributed by atoms with Crippen molar-refractivity contribution in [1.82, 2.24) is 5.32 Å². The Morgan fingerprint density at radius 2 is 1.76 bits per heavy atom. The van der Waals surface area contributed by atoms with Gasteiger partial charge in [0.15, 0.2) is 0 Å². The number of benzene rings is 2. The van der Waals surface area contributed by atoms with Gasteiger partial charge in [-0.2, -0.15) is 0 Å². The monoisotopic (exact) mass is 362 g/mol. The first kappa shape index (κ1) is 15.7.